The normalized spacial score (nSPS) is 13.7. The van der Waals surface area contributed by atoms with Crippen molar-refractivity contribution < 1.29 is 14.4 Å². The molecule has 1 heterocycles. The van der Waals surface area contributed by atoms with E-state index in [1.54, 1.807) is 0 Å². The number of hydrogen-bond donors (Lipinski definition) is 3. The van der Waals surface area contributed by atoms with E-state index in [1.165, 1.54) is 32.6 Å². The Morgan fingerprint density at radius 1 is 1.23 bits per heavy atom. The van der Waals surface area contributed by atoms with E-state index >= 15 is 0 Å². The van der Waals surface area contributed by atoms with Gasteiger partial charge in [-0.25, -0.2) is 4.98 Å². The summed E-state index contributed by atoms with van der Waals surface area (Å²) >= 11 is 6.19. The Kier molecular flexibility index (Phi) is 8.86. The third kappa shape index (κ3) is 5.82. The topological polar surface area (TPSA) is 121 Å². The Labute approximate surface area is 181 Å². The number of halogens is 1. The highest BCUT2D eigenvalue weighted by Gasteiger charge is 2.26. The van der Waals surface area contributed by atoms with Gasteiger partial charge in [0.1, 0.15) is 5.69 Å². The minimum atomic E-state index is -0.727. The van der Waals surface area contributed by atoms with Gasteiger partial charge in [-0.1, -0.05) is 43.0 Å². The highest BCUT2D eigenvalue weighted by Crippen LogP contribution is 2.30. The smallest absolute Gasteiger partial charge is 0.269 e. The molecule has 1 aromatic heterocycles. The minimum absolute atomic E-state index is 0.0469. The summed E-state index contributed by atoms with van der Waals surface area (Å²) < 4.78 is 0. The van der Waals surface area contributed by atoms with Crippen LogP contribution in [0.2, 0.25) is 5.02 Å². The largest absolute Gasteiger partial charge is 0.364 e. The van der Waals surface area contributed by atoms with Crippen molar-refractivity contribution in [2.45, 2.75) is 39.0 Å². The van der Waals surface area contributed by atoms with Gasteiger partial charge in [-0.3, -0.25) is 14.4 Å². The minimum Gasteiger partial charge on any atom is -0.364 e. The van der Waals surface area contributed by atoms with Crippen molar-refractivity contribution in [3.8, 4) is 0 Å². The molecule has 1 saturated carbocycles. The number of anilines is 1. The van der Waals surface area contributed by atoms with Crippen LogP contribution < -0.4 is 16.0 Å². The van der Waals surface area contributed by atoms with Crippen molar-refractivity contribution in [2.24, 2.45) is 11.7 Å². The van der Waals surface area contributed by atoms with Crippen LogP contribution in [0.4, 0.5) is 5.69 Å². The van der Waals surface area contributed by atoms with Gasteiger partial charge in [0.05, 0.1) is 17.0 Å². The lowest BCUT2D eigenvalue weighted by Gasteiger charge is -2.29. The van der Waals surface area contributed by atoms with Crippen LogP contribution in [0.25, 0.3) is 0 Å². The zero-order valence-electron chi connectivity index (χ0n) is 17.3. The number of aromatic amines is 1. The lowest BCUT2D eigenvalue weighted by atomic mass is 9.88. The molecule has 9 heteroatoms. The molecule has 1 aromatic carbocycles. The average Bonchev–Trinajstić information content (AvgIpc) is 3.26. The molecule has 0 spiro atoms. The second-order valence-electron chi connectivity index (χ2n) is 6.94. The first-order chi connectivity index (χ1) is 14.4. The number of hydrogen-bond acceptors (Lipinski definition) is 4. The monoisotopic (exact) mass is 433 g/mol. The molecule has 2 aromatic rings. The van der Waals surface area contributed by atoms with Crippen molar-refractivity contribution >= 4 is 35.0 Å². The Hall–Kier alpha value is -2.87. The van der Waals surface area contributed by atoms with Gasteiger partial charge in [0, 0.05) is 19.5 Å². The van der Waals surface area contributed by atoms with E-state index in [-0.39, 0.29) is 23.2 Å². The highest BCUT2D eigenvalue weighted by atomic mass is 35.5. The number of carbonyl (C=O) groups excluding carboxylic acids is 3. The molecule has 0 saturated heterocycles. The first-order valence-electron chi connectivity index (χ1n) is 10.0. The summed E-state index contributed by atoms with van der Waals surface area (Å²) in [6.07, 6.45) is 6.92. The second-order valence-corrected chi connectivity index (χ2v) is 7.35. The summed E-state index contributed by atoms with van der Waals surface area (Å²) in [6.45, 7) is 2.68. The maximum absolute atomic E-state index is 12.5. The number of benzene rings is 1. The molecule has 0 radical (unpaired) electrons. The lowest BCUT2D eigenvalue weighted by molar-refractivity contribution is -0.123. The summed E-state index contributed by atoms with van der Waals surface area (Å²) in [5, 5.41) is 3.00. The number of nitrogens with two attached hydrogens (primary N) is 1. The molecular formula is C21H28ClN5O3. The standard InChI is InChI=1S/C15H20ClNO.C6H8N4O2/c1-2-17(14-11-7-6-10-13(14)16)15(18)12-8-4-3-5-9-12;1-8-6(12)4-3(5(7)11)9-2-10-4/h6-7,10-12H,2-5,8-9H2,1H3;2H,1H3,(H2,7,11)(H,8,12)(H,9,10). The quantitative estimate of drug-likeness (QED) is 0.670. The molecule has 30 heavy (non-hydrogen) atoms. The number of primary amides is 1. The number of carbonyl (C=O) groups is 3. The number of nitrogens with one attached hydrogen (secondary N) is 2. The van der Waals surface area contributed by atoms with Crippen LogP contribution in [-0.2, 0) is 4.79 Å². The summed E-state index contributed by atoms with van der Waals surface area (Å²) in [5.74, 6) is -0.712. The van der Waals surface area contributed by atoms with Crippen molar-refractivity contribution in [1.82, 2.24) is 15.3 Å². The van der Waals surface area contributed by atoms with Crippen LogP contribution in [0.5, 0.6) is 0 Å². The predicted octanol–water partition coefficient (Wildman–Crippen LogP) is 3.14. The molecule has 0 atom stereocenters. The second kappa shape index (κ2) is 11.3. The summed E-state index contributed by atoms with van der Waals surface area (Å²) in [5.41, 5.74) is 5.84. The molecule has 0 unspecified atom stereocenters. The molecule has 1 aliphatic rings. The average molecular weight is 434 g/mol. The van der Waals surface area contributed by atoms with Gasteiger partial charge < -0.3 is 20.9 Å². The van der Waals surface area contributed by atoms with E-state index in [2.05, 4.69) is 15.3 Å². The third-order valence-electron chi connectivity index (χ3n) is 5.01. The van der Waals surface area contributed by atoms with E-state index in [9.17, 15) is 14.4 Å². The fraction of sp³-hybridized carbons (Fsp3) is 0.429. The fourth-order valence-electron chi connectivity index (χ4n) is 3.46. The summed E-state index contributed by atoms with van der Waals surface area (Å²) in [4.78, 5) is 42.2. The molecule has 162 valence electrons. The van der Waals surface area contributed by atoms with Crippen LogP contribution in [0, 0.1) is 5.92 Å². The molecule has 4 N–H and O–H groups in total. The Morgan fingerprint density at radius 3 is 2.47 bits per heavy atom. The van der Waals surface area contributed by atoms with Crippen molar-refractivity contribution in [3.05, 3.63) is 47.0 Å². The Balaban J connectivity index is 0.000000232. The van der Waals surface area contributed by atoms with E-state index in [1.807, 2.05) is 36.1 Å². The van der Waals surface area contributed by atoms with E-state index in [0.29, 0.717) is 11.6 Å². The number of rotatable bonds is 5. The molecule has 8 nitrogen and oxygen atoms in total. The first kappa shape index (κ1) is 23.4. The van der Waals surface area contributed by atoms with Gasteiger partial charge in [0.25, 0.3) is 11.8 Å². The number of H-pyrrole nitrogens is 1. The molecule has 0 aliphatic heterocycles. The number of nitrogens with zero attached hydrogens (tertiary/aromatic N) is 2. The van der Waals surface area contributed by atoms with Crippen LogP contribution in [-0.4, -0.2) is 41.3 Å². The molecular weight excluding hydrogens is 406 g/mol. The molecule has 3 amide bonds. The highest BCUT2D eigenvalue weighted by molar-refractivity contribution is 6.33. The van der Waals surface area contributed by atoms with Crippen LogP contribution in [0.1, 0.15) is 60.0 Å². The first-order valence-corrected chi connectivity index (χ1v) is 10.4. The Morgan fingerprint density at radius 2 is 1.90 bits per heavy atom. The van der Waals surface area contributed by atoms with Crippen molar-refractivity contribution in [2.75, 3.05) is 18.5 Å². The van der Waals surface area contributed by atoms with Gasteiger partial charge in [0.2, 0.25) is 5.91 Å². The van der Waals surface area contributed by atoms with Crippen molar-refractivity contribution in [1.29, 1.82) is 0 Å². The number of para-hydroxylation sites is 1. The van der Waals surface area contributed by atoms with Crippen LogP contribution in [0.15, 0.2) is 30.6 Å². The van der Waals surface area contributed by atoms with E-state index in [4.69, 9.17) is 17.3 Å². The summed E-state index contributed by atoms with van der Waals surface area (Å²) in [6, 6.07) is 7.59. The van der Waals surface area contributed by atoms with Gasteiger partial charge in [-0.05, 0) is 31.9 Å². The van der Waals surface area contributed by atoms with E-state index < -0.39 is 11.8 Å². The van der Waals surface area contributed by atoms with Crippen LogP contribution >= 0.6 is 11.6 Å². The number of amides is 3. The van der Waals surface area contributed by atoms with Crippen LogP contribution in [0.3, 0.4) is 0 Å². The van der Waals surface area contributed by atoms with Crippen molar-refractivity contribution in [3.63, 3.8) is 0 Å². The number of imidazole rings is 1. The van der Waals surface area contributed by atoms with Gasteiger partial charge in [-0.15, -0.1) is 0 Å². The molecule has 1 fully saturated rings. The summed E-state index contributed by atoms with van der Waals surface area (Å²) in [7, 11) is 1.45. The predicted molar refractivity (Wildman–Crippen MR) is 117 cm³/mol. The molecule has 1 aliphatic carbocycles. The van der Waals surface area contributed by atoms with Gasteiger partial charge >= 0.3 is 0 Å². The molecule has 3 rings (SSSR count). The van der Waals surface area contributed by atoms with Gasteiger partial charge in [-0.2, -0.15) is 0 Å². The zero-order chi connectivity index (χ0) is 22.1. The Bertz CT molecular complexity index is 877. The van der Waals surface area contributed by atoms with Gasteiger partial charge in [0.15, 0.2) is 5.69 Å². The zero-order valence-corrected chi connectivity index (χ0v) is 18.0. The van der Waals surface area contributed by atoms with E-state index in [0.717, 1.165) is 18.5 Å². The third-order valence-corrected chi connectivity index (χ3v) is 5.33. The maximum Gasteiger partial charge on any atom is 0.269 e. The maximum atomic E-state index is 12.5. The lowest BCUT2D eigenvalue weighted by Crippen LogP contribution is -2.37. The SMILES string of the molecule is CCN(C(=O)C1CCCCC1)c1ccccc1Cl.CNC(=O)c1[nH]cnc1C(N)=O. The number of aromatic nitrogens is 2. The fourth-order valence-corrected chi connectivity index (χ4v) is 3.70. The molecule has 0 bridgehead atoms.